The zero-order valence-electron chi connectivity index (χ0n) is 14.1. The molecule has 0 N–H and O–H groups in total. The first-order chi connectivity index (χ1) is 12.3. The van der Waals surface area contributed by atoms with Gasteiger partial charge in [-0.3, -0.25) is 9.80 Å². The van der Waals surface area contributed by atoms with Gasteiger partial charge in [0.1, 0.15) is 4.88 Å². The standard InChI is InChI=1S/C19H22N4OS/c24-19(18-7-11-21-25-18)22-12-8-15(9-13-22)14-23-17(6-10-20-23)16-4-2-1-3-5-16/h1-5,7,10-11,15,17H,6,8-9,12-14H2. The summed E-state index contributed by atoms with van der Waals surface area (Å²) in [5, 5.41) is 6.84. The molecule has 25 heavy (non-hydrogen) atoms. The molecule has 1 aromatic heterocycles. The Hall–Kier alpha value is -2.21. The summed E-state index contributed by atoms with van der Waals surface area (Å²) >= 11 is 1.28. The Kier molecular flexibility index (Phi) is 4.78. The fourth-order valence-electron chi connectivity index (χ4n) is 3.68. The van der Waals surface area contributed by atoms with E-state index in [1.807, 2.05) is 17.2 Å². The molecule has 2 aliphatic rings. The van der Waals surface area contributed by atoms with Crippen molar-refractivity contribution in [2.24, 2.45) is 11.0 Å². The van der Waals surface area contributed by atoms with Crippen LogP contribution in [-0.2, 0) is 0 Å². The number of likely N-dealkylation sites (tertiary alicyclic amines) is 1. The maximum atomic E-state index is 12.4. The number of benzene rings is 1. The van der Waals surface area contributed by atoms with E-state index in [1.54, 1.807) is 6.20 Å². The van der Waals surface area contributed by atoms with E-state index in [0.717, 1.165) is 43.8 Å². The van der Waals surface area contributed by atoms with Gasteiger partial charge in [0.25, 0.3) is 5.91 Å². The Morgan fingerprint density at radius 1 is 1.16 bits per heavy atom. The Morgan fingerprint density at radius 3 is 2.68 bits per heavy atom. The van der Waals surface area contributed by atoms with Crippen molar-refractivity contribution >= 4 is 23.7 Å². The van der Waals surface area contributed by atoms with E-state index in [4.69, 9.17) is 0 Å². The van der Waals surface area contributed by atoms with E-state index in [-0.39, 0.29) is 5.91 Å². The van der Waals surface area contributed by atoms with Gasteiger partial charge in [0.15, 0.2) is 0 Å². The summed E-state index contributed by atoms with van der Waals surface area (Å²) in [4.78, 5) is 15.1. The van der Waals surface area contributed by atoms with Crippen LogP contribution in [0.4, 0.5) is 0 Å². The van der Waals surface area contributed by atoms with Gasteiger partial charge in [-0.15, -0.1) is 0 Å². The highest BCUT2D eigenvalue weighted by atomic mass is 32.1. The van der Waals surface area contributed by atoms with E-state index in [1.165, 1.54) is 17.1 Å². The fraction of sp³-hybridized carbons (Fsp3) is 0.421. The van der Waals surface area contributed by atoms with Crippen molar-refractivity contribution in [1.29, 1.82) is 0 Å². The van der Waals surface area contributed by atoms with Crippen molar-refractivity contribution in [2.45, 2.75) is 25.3 Å². The highest BCUT2D eigenvalue weighted by Gasteiger charge is 2.29. The number of rotatable bonds is 4. The molecule has 0 saturated carbocycles. The molecule has 1 unspecified atom stereocenters. The lowest BCUT2D eigenvalue weighted by atomic mass is 9.95. The molecular formula is C19H22N4OS. The third-order valence-corrected chi connectivity index (χ3v) is 5.83. The van der Waals surface area contributed by atoms with Crippen molar-refractivity contribution in [2.75, 3.05) is 19.6 Å². The summed E-state index contributed by atoms with van der Waals surface area (Å²) in [7, 11) is 0. The van der Waals surface area contributed by atoms with Crippen LogP contribution in [0.2, 0.25) is 0 Å². The van der Waals surface area contributed by atoms with Crippen LogP contribution in [-0.4, -0.2) is 46.0 Å². The maximum absolute atomic E-state index is 12.4. The van der Waals surface area contributed by atoms with Crippen LogP contribution in [0.15, 0.2) is 47.7 Å². The number of amides is 1. The van der Waals surface area contributed by atoms with Crippen molar-refractivity contribution < 1.29 is 4.79 Å². The number of hydrogen-bond donors (Lipinski definition) is 0. The molecular weight excluding hydrogens is 332 g/mol. The molecule has 2 aromatic rings. The molecule has 0 radical (unpaired) electrons. The molecule has 4 rings (SSSR count). The molecule has 1 saturated heterocycles. The van der Waals surface area contributed by atoms with Gasteiger partial charge < -0.3 is 4.90 Å². The van der Waals surface area contributed by atoms with Gasteiger partial charge in [-0.05, 0) is 41.9 Å². The summed E-state index contributed by atoms with van der Waals surface area (Å²) in [5.74, 6) is 0.717. The second-order valence-electron chi connectivity index (χ2n) is 6.69. The van der Waals surface area contributed by atoms with Crippen molar-refractivity contribution in [1.82, 2.24) is 14.3 Å². The monoisotopic (exact) mass is 354 g/mol. The molecule has 1 fully saturated rings. The Balaban J connectivity index is 1.32. The minimum atomic E-state index is 0.127. The third kappa shape index (κ3) is 3.58. The van der Waals surface area contributed by atoms with Crippen molar-refractivity contribution in [3.8, 4) is 0 Å². The summed E-state index contributed by atoms with van der Waals surface area (Å²) in [6, 6.07) is 12.8. The number of piperidine rings is 1. The zero-order chi connectivity index (χ0) is 17.1. The quantitative estimate of drug-likeness (QED) is 0.845. The number of hydrazone groups is 1. The molecule has 5 nitrogen and oxygen atoms in total. The predicted octanol–water partition coefficient (Wildman–Crippen LogP) is 3.43. The molecule has 1 aromatic carbocycles. The van der Waals surface area contributed by atoms with Gasteiger partial charge >= 0.3 is 0 Å². The Labute approximate surface area is 152 Å². The van der Waals surface area contributed by atoms with Crippen molar-refractivity contribution in [3.63, 3.8) is 0 Å². The van der Waals surface area contributed by atoms with Crippen LogP contribution in [0.25, 0.3) is 0 Å². The SMILES string of the molecule is O=C(c1ccns1)N1CCC(CN2N=CCC2c2ccccc2)CC1. The third-order valence-electron chi connectivity index (χ3n) is 5.10. The average molecular weight is 354 g/mol. The number of nitrogens with zero attached hydrogens (tertiary/aromatic N) is 4. The molecule has 1 atom stereocenters. The second kappa shape index (κ2) is 7.35. The van der Waals surface area contributed by atoms with Crippen LogP contribution in [0.5, 0.6) is 0 Å². The minimum Gasteiger partial charge on any atom is -0.338 e. The highest BCUT2D eigenvalue weighted by molar-refractivity contribution is 7.08. The number of carbonyl (C=O) groups excluding carboxylic acids is 1. The van der Waals surface area contributed by atoms with Gasteiger partial charge in [-0.2, -0.15) is 5.10 Å². The molecule has 3 heterocycles. The number of hydrogen-bond acceptors (Lipinski definition) is 5. The van der Waals surface area contributed by atoms with Crippen LogP contribution in [0, 0.1) is 5.92 Å². The lowest BCUT2D eigenvalue weighted by molar-refractivity contribution is 0.0662. The topological polar surface area (TPSA) is 48.8 Å². The maximum Gasteiger partial charge on any atom is 0.265 e. The van der Waals surface area contributed by atoms with Gasteiger partial charge in [-0.25, -0.2) is 4.37 Å². The summed E-state index contributed by atoms with van der Waals surface area (Å²) < 4.78 is 4.03. The average Bonchev–Trinajstić information content (AvgIpc) is 3.35. The van der Waals surface area contributed by atoms with Crippen LogP contribution >= 0.6 is 11.5 Å². The van der Waals surface area contributed by atoms with Crippen LogP contribution in [0.3, 0.4) is 0 Å². The summed E-state index contributed by atoms with van der Waals surface area (Å²) in [6.45, 7) is 2.63. The largest absolute Gasteiger partial charge is 0.338 e. The first-order valence-electron chi connectivity index (χ1n) is 8.85. The smallest absolute Gasteiger partial charge is 0.265 e. The summed E-state index contributed by atoms with van der Waals surface area (Å²) in [5.41, 5.74) is 1.33. The van der Waals surface area contributed by atoms with Crippen LogP contribution in [0.1, 0.15) is 40.5 Å². The minimum absolute atomic E-state index is 0.127. The molecule has 0 bridgehead atoms. The predicted molar refractivity (Wildman–Crippen MR) is 99.7 cm³/mol. The molecule has 0 spiro atoms. The Bertz CT molecular complexity index is 723. The zero-order valence-corrected chi connectivity index (χ0v) is 14.9. The fourth-order valence-corrected chi connectivity index (χ4v) is 4.24. The molecule has 6 heteroatoms. The lowest BCUT2D eigenvalue weighted by Crippen LogP contribution is -2.40. The Morgan fingerprint density at radius 2 is 1.96 bits per heavy atom. The van der Waals surface area contributed by atoms with Crippen molar-refractivity contribution in [3.05, 3.63) is 53.0 Å². The molecule has 0 aliphatic carbocycles. The van der Waals surface area contributed by atoms with E-state index in [2.05, 4.69) is 44.8 Å². The van der Waals surface area contributed by atoms with E-state index in [9.17, 15) is 4.79 Å². The first kappa shape index (κ1) is 16.3. The lowest BCUT2D eigenvalue weighted by Gasteiger charge is -2.35. The van der Waals surface area contributed by atoms with Crippen LogP contribution < -0.4 is 0 Å². The second-order valence-corrected chi connectivity index (χ2v) is 7.53. The van der Waals surface area contributed by atoms with Gasteiger partial charge in [-0.1, -0.05) is 30.3 Å². The normalized spacial score (nSPS) is 21.0. The highest BCUT2D eigenvalue weighted by Crippen LogP contribution is 2.30. The van der Waals surface area contributed by atoms with Gasteiger partial charge in [0, 0.05) is 38.5 Å². The number of carbonyl (C=O) groups is 1. The summed E-state index contributed by atoms with van der Waals surface area (Å²) in [6.07, 6.45) is 6.78. The first-order valence-corrected chi connectivity index (χ1v) is 9.62. The van der Waals surface area contributed by atoms with E-state index < -0.39 is 0 Å². The van der Waals surface area contributed by atoms with Gasteiger partial charge in [0.2, 0.25) is 0 Å². The molecule has 130 valence electrons. The molecule has 1 amide bonds. The molecule has 2 aliphatic heterocycles. The number of aromatic nitrogens is 1. The van der Waals surface area contributed by atoms with E-state index >= 15 is 0 Å². The van der Waals surface area contributed by atoms with E-state index in [0.29, 0.717) is 12.0 Å². The van der Waals surface area contributed by atoms with Gasteiger partial charge in [0.05, 0.1) is 6.04 Å².